The zero-order valence-electron chi connectivity index (χ0n) is 18.1. The highest BCUT2D eigenvalue weighted by molar-refractivity contribution is 7.18. The molecule has 0 aliphatic carbocycles. The number of amides is 2. The smallest absolute Gasteiger partial charge is 0.341 e. The lowest BCUT2D eigenvalue weighted by atomic mass is 10.1. The van der Waals surface area contributed by atoms with Crippen molar-refractivity contribution in [2.24, 2.45) is 0 Å². The van der Waals surface area contributed by atoms with Crippen molar-refractivity contribution in [2.75, 3.05) is 12.4 Å². The van der Waals surface area contributed by atoms with E-state index < -0.39 is 22.7 Å². The van der Waals surface area contributed by atoms with Gasteiger partial charge in [0.1, 0.15) is 5.00 Å². The molecule has 170 valence electrons. The average Bonchev–Trinajstić information content (AvgIpc) is 3.14. The van der Waals surface area contributed by atoms with Crippen molar-refractivity contribution in [3.63, 3.8) is 0 Å². The Bertz CT molecular complexity index is 1200. The first-order valence-corrected chi connectivity index (χ1v) is 10.7. The zero-order valence-corrected chi connectivity index (χ0v) is 18.9. The predicted octanol–water partition coefficient (Wildman–Crippen LogP) is 4.49. The van der Waals surface area contributed by atoms with E-state index in [-0.39, 0.29) is 32.7 Å². The molecule has 0 saturated carbocycles. The minimum absolute atomic E-state index is 0.0790. The number of nitrogens with one attached hydrogen (secondary N) is 2. The number of methoxy groups -OCH3 is 1. The Kier molecular flexibility index (Phi) is 7.19. The normalized spacial score (nSPS) is 11.4. The second kappa shape index (κ2) is 10.0. The second-order valence-corrected chi connectivity index (χ2v) is 8.14. The zero-order chi connectivity index (χ0) is 24.1. The standard InChI is InChI=1S/C23H21N3O6S/c1-13-18(23(29)32-3)22(25-20(27)16-9-11-17(12-10-16)26(30)31)33-19(13)21(28)24-14(2)15-7-5-4-6-8-15/h4-12,14H,1-3H3,(H,24,28)(H,25,27). The number of non-ortho nitro benzene ring substituents is 1. The largest absolute Gasteiger partial charge is 0.465 e. The third-order valence-electron chi connectivity index (χ3n) is 4.96. The van der Waals surface area contributed by atoms with Gasteiger partial charge in [0.05, 0.1) is 28.5 Å². The van der Waals surface area contributed by atoms with Gasteiger partial charge in [-0.2, -0.15) is 0 Å². The molecule has 0 bridgehead atoms. The first-order chi connectivity index (χ1) is 15.7. The van der Waals surface area contributed by atoms with E-state index in [1.54, 1.807) is 6.92 Å². The minimum Gasteiger partial charge on any atom is -0.465 e. The fourth-order valence-corrected chi connectivity index (χ4v) is 4.26. The van der Waals surface area contributed by atoms with E-state index in [1.165, 1.54) is 31.4 Å². The number of rotatable bonds is 7. The number of esters is 1. The van der Waals surface area contributed by atoms with Gasteiger partial charge in [0, 0.05) is 17.7 Å². The van der Waals surface area contributed by atoms with Gasteiger partial charge in [-0.15, -0.1) is 11.3 Å². The number of nitro groups is 1. The van der Waals surface area contributed by atoms with Crippen LogP contribution in [0, 0.1) is 17.0 Å². The van der Waals surface area contributed by atoms with Crippen molar-refractivity contribution in [3.05, 3.63) is 91.8 Å². The third kappa shape index (κ3) is 5.24. The number of thiophene rings is 1. The molecule has 1 aromatic heterocycles. The highest BCUT2D eigenvalue weighted by Crippen LogP contribution is 2.34. The van der Waals surface area contributed by atoms with Gasteiger partial charge in [-0.1, -0.05) is 30.3 Å². The molecule has 2 N–H and O–H groups in total. The van der Waals surface area contributed by atoms with Crippen LogP contribution in [0.15, 0.2) is 54.6 Å². The SMILES string of the molecule is COC(=O)c1c(NC(=O)c2ccc([N+](=O)[O-])cc2)sc(C(=O)NC(C)c2ccccc2)c1C. The van der Waals surface area contributed by atoms with Crippen LogP contribution in [0.3, 0.4) is 0 Å². The highest BCUT2D eigenvalue weighted by Gasteiger charge is 2.27. The number of carbonyl (C=O) groups is 3. The van der Waals surface area contributed by atoms with E-state index in [1.807, 2.05) is 37.3 Å². The van der Waals surface area contributed by atoms with Crippen LogP contribution in [0.25, 0.3) is 0 Å². The predicted molar refractivity (Wildman–Crippen MR) is 124 cm³/mol. The summed E-state index contributed by atoms with van der Waals surface area (Å²) in [6, 6.07) is 14.2. The number of carbonyl (C=O) groups excluding carboxylic acids is 3. The van der Waals surface area contributed by atoms with Crippen LogP contribution in [0.5, 0.6) is 0 Å². The molecule has 0 aliphatic rings. The van der Waals surface area contributed by atoms with Crippen LogP contribution in [-0.2, 0) is 4.74 Å². The number of hydrogen-bond donors (Lipinski definition) is 2. The molecule has 33 heavy (non-hydrogen) atoms. The molecule has 1 unspecified atom stereocenters. The topological polar surface area (TPSA) is 128 Å². The molecule has 1 atom stereocenters. The summed E-state index contributed by atoms with van der Waals surface area (Å²) >= 11 is 0.953. The number of nitro benzene ring substituents is 1. The minimum atomic E-state index is -0.696. The molecule has 0 fully saturated rings. The van der Waals surface area contributed by atoms with Gasteiger partial charge in [0.15, 0.2) is 0 Å². The number of anilines is 1. The summed E-state index contributed by atoms with van der Waals surface area (Å²) in [6.45, 7) is 3.45. The van der Waals surface area contributed by atoms with Crippen molar-refractivity contribution in [3.8, 4) is 0 Å². The summed E-state index contributed by atoms with van der Waals surface area (Å²) in [4.78, 5) is 48.5. The Morgan fingerprint density at radius 2 is 1.67 bits per heavy atom. The number of ether oxygens (including phenoxy) is 1. The Balaban J connectivity index is 1.87. The highest BCUT2D eigenvalue weighted by atomic mass is 32.1. The quantitative estimate of drug-likeness (QED) is 0.299. The van der Waals surface area contributed by atoms with Gasteiger partial charge >= 0.3 is 5.97 Å². The van der Waals surface area contributed by atoms with E-state index in [2.05, 4.69) is 10.6 Å². The van der Waals surface area contributed by atoms with Crippen LogP contribution in [0.4, 0.5) is 10.7 Å². The Hall–Kier alpha value is -4.05. The molecule has 3 aromatic rings. The Labute approximate surface area is 193 Å². The van der Waals surface area contributed by atoms with Gasteiger partial charge in [-0.25, -0.2) is 4.79 Å². The molecule has 10 heteroatoms. The fourth-order valence-electron chi connectivity index (χ4n) is 3.16. The molecule has 0 radical (unpaired) electrons. The summed E-state index contributed by atoms with van der Waals surface area (Å²) in [6.07, 6.45) is 0. The van der Waals surface area contributed by atoms with Gasteiger partial charge in [0.2, 0.25) is 0 Å². The summed E-state index contributed by atoms with van der Waals surface area (Å²) in [5.74, 6) is -1.67. The number of hydrogen-bond acceptors (Lipinski definition) is 7. The van der Waals surface area contributed by atoms with Crippen molar-refractivity contribution >= 4 is 39.8 Å². The van der Waals surface area contributed by atoms with Crippen molar-refractivity contribution in [1.82, 2.24) is 5.32 Å². The molecule has 2 amide bonds. The lowest BCUT2D eigenvalue weighted by molar-refractivity contribution is -0.384. The maximum Gasteiger partial charge on any atom is 0.341 e. The molecule has 0 aliphatic heterocycles. The third-order valence-corrected chi connectivity index (χ3v) is 6.16. The van der Waals surface area contributed by atoms with E-state index in [0.29, 0.717) is 5.56 Å². The van der Waals surface area contributed by atoms with Gasteiger partial charge < -0.3 is 15.4 Å². The van der Waals surface area contributed by atoms with E-state index in [4.69, 9.17) is 4.74 Å². The second-order valence-electron chi connectivity index (χ2n) is 7.12. The number of benzene rings is 2. The molecule has 0 saturated heterocycles. The average molecular weight is 468 g/mol. The van der Waals surface area contributed by atoms with Gasteiger partial charge in [-0.05, 0) is 37.1 Å². The molecular formula is C23H21N3O6S. The summed E-state index contributed by atoms with van der Waals surface area (Å²) in [5, 5.41) is 16.5. The van der Waals surface area contributed by atoms with E-state index >= 15 is 0 Å². The van der Waals surface area contributed by atoms with Crippen LogP contribution in [-0.4, -0.2) is 29.8 Å². The van der Waals surface area contributed by atoms with Crippen molar-refractivity contribution < 1.29 is 24.0 Å². The van der Waals surface area contributed by atoms with Crippen molar-refractivity contribution in [2.45, 2.75) is 19.9 Å². The van der Waals surface area contributed by atoms with Crippen LogP contribution < -0.4 is 10.6 Å². The monoisotopic (exact) mass is 467 g/mol. The van der Waals surface area contributed by atoms with Crippen LogP contribution >= 0.6 is 11.3 Å². The van der Waals surface area contributed by atoms with Crippen LogP contribution in [0.1, 0.15) is 54.5 Å². The molecule has 1 heterocycles. The lowest BCUT2D eigenvalue weighted by Gasteiger charge is -2.14. The fraction of sp³-hybridized carbons (Fsp3) is 0.174. The maximum atomic E-state index is 13.0. The molecule has 0 spiro atoms. The maximum absolute atomic E-state index is 13.0. The first-order valence-electron chi connectivity index (χ1n) is 9.86. The van der Waals surface area contributed by atoms with Crippen LogP contribution in [0.2, 0.25) is 0 Å². The molecule has 2 aromatic carbocycles. The van der Waals surface area contributed by atoms with E-state index in [0.717, 1.165) is 16.9 Å². The number of nitrogens with zero attached hydrogens (tertiary/aromatic N) is 1. The molecule has 3 rings (SSSR count). The molecular weight excluding hydrogens is 446 g/mol. The Morgan fingerprint density at radius 1 is 1.03 bits per heavy atom. The lowest BCUT2D eigenvalue weighted by Crippen LogP contribution is -2.26. The first kappa shape index (κ1) is 23.6. The van der Waals surface area contributed by atoms with Gasteiger partial charge in [0.25, 0.3) is 17.5 Å². The van der Waals surface area contributed by atoms with Gasteiger partial charge in [-0.3, -0.25) is 19.7 Å². The van der Waals surface area contributed by atoms with Crippen molar-refractivity contribution in [1.29, 1.82) is 0 Å². The van der Waals surface area contributed by atoms with E-state index in [9.17, 15) is 24.5 Å². The Morgan fingerprint density at radius 3 is 2.24 bits per heavy atom. The summed E-state index contributed by atoms with van der Waals surface area (Å²) < 4.78 is 4.84. The summed E-state index contributed by atoms with van der Waals surface area (Å²) in [5.41, 5.74) is 1.38. The summed E-state index contributed by atoms with van der Waals surface area (Å²) in [7, 11) is 1.21. The molecule has 9 nitrogen and oxygen atoms in total.